The summed E-state index contributed by atoms with van der Waals surface area (Å²) in [6, 6.07) is 6.31. The van der Waals surface area contributed by atoms with E-state index in [9.17, 15) is 18.0 Å². The Morgan fingerprint density at radius 3 is 2.56 bits per heavy atom. The predicted molar refractivity (Wildman–Crippen MR) is 83.8 cm³/mol. The summed E-state index contributed by atoms with van der Waals surface area (Å²) in [5.41, 5.74) is -0.921. The highest BCUT2D eigenvalue weighted by Gasteiger charge is 2.30. The van der Waals surface area contributed by atoms with Gasteiger partial charge in [0.05, 0.1) is 5.56 Å². The van der Waals surface area contributed by atoms with Gasteiger partial charge in [-0.2, -0.15) is 13.2 Å². The number of aromatic nitrogens is 2. The van der Waals surface area contributed by atoms with Crippen molar-refractivity contribution < 1.29 is 26.8 Å². The van der Waals surface area contributed by atoms with Gasteiger partial charge in [-0.05, 0) is 46.3 Å². The number of urea groups is 1. The minimum atomic E-state index is -4.51. The van der Waals surface area contributed by atoms with Crippen molar-refractivity contribution in [2.45, 2.75) is 6.18 Å². The Balaban J connectivity index is 1.66. The van der Waals surface area contributed by atoms with Crippen molar-refractivity contribution in [3.8, 4) is 11.7 Å². The molecule has 0 aliphatic carbocycles. The predicted octanol–water partition coefficient (Wildman–Crippen LogP) is 4.75. The highest BCUT2D eigenvalue weighted by atomic mass is 79.9. The maximum Gasteiger partial charge on any atom is 0.416 e. The number of benzene rings is 1. The lowest BCUT2D eigenvalue weighted by atomic mass is 10.2. The second-order valence-corrected chi connectivity index (χ2v) is 5.46. The molecule has 0 saturated heterocycles. The Kier molecular flexibility index (Phi) is 4.49. The van der Waals surface area contributed by atoms with E-state index < -0.39 is 17.8 Å². The van der Waals surface area contributed by atoms with Crippen LogP contribution >= 0.6 is 15.9 Å². The summed E-state index contributed by atoms with van der Waals surface area (Å²) in [7, 11) is 0. The van der Waals surface area contributed by atoms with Crippen molar-refractivity contribution >= 4 is 33.7 Å². The molecule has 130 valence electrons. The van der Waals surface area contributed by atoms with Crippen LogP contribution in [0.3, 0.4) is 0 Å². The lowest BCUT2D eigenvalue weighted by Crippen LogP contribution is -2.20. The molecule has 0 saturated carbocycles. The van der Waals surface area contributed by atoms with Crippen LogP contribution in [-0.2, 0) is 6.18 Å². The Morgan fingerprint density at radius 2 is 1.88 bits per heavy atom. The van der Waals surface area contributed by atoms with Gasteiger partial charge >= 0.3 is 18.2 Å². The minimum absolute atomic E-state index is 0.0278. The molecule has 0 radical (unpaired) electrons. The van der Waals surface area contributed by atoms with Crippen molar-refractivity contribution in [3.63, 3.8) is 0 Å². The summed E-state index contributed by atoms with van der Waals surface area (Å²) in [6.45, 7) is 0. The lowest BCUT2D eigenvalue weighted by Gasteiger charge is -2.09. The van der Waals surface area contributed by atoms with Crippen molar-refractivity contribution in [3.05, 3.63) is 46.6 Å². The van der Waals surface area contributed by atoms with E-state index >= 15 is 0 Å². The number of carbonyl (C=O) groups is 1. The van der Waals surface area contributed by atoms with Crippen LogP contribution in [0.1, 0.15) is 5.56 Å². The Morgan fingerprint density at radius 1 is 1.08 bits per heavy atom. The molecule has 2 heterocycles. The molecule has 11 heteroatoms. The monoisotopic (exact) mass is 416 g/mol. The molecule has 0 bridgehead atoms. The molecule has 25 heavy (non-hydrogen) atoms. The summed E-state index contributed by atoms with van der Waals surface area (Å²) in [5, 5.41) is 11.7. The SMILES string of the molecule is O=C(Nc1cccc(C(F)(F)F)c1)Nc1nnc(-c2ccc(Br)o2)o1. The van der Waals surface area contributed by atoms with E-state index in [-0.39, 0.29) is 23.4 Å². The van der Waals surface area contributed by atoms with Gasteiger partial charge in [-0.3, -0.25) is 5.32 Å². The summed E-state index contributed by atoms with van der Waals surface area (Å²) in [5.74, 6) is 0.311. The van der Waals surface area contributed by atoms with Crippen molar-refractivity contribution in [1.82, 2.24) is 10.2 Å². The number of halogens is 4. The number of nitrogens with one attached hydrogen (secondary N) is 2. The third kappa shape index (κ3) is 4.18. The van der Waals surface area contributed by atoms with E-state index in [4.69, 9.17) is 8.83 Å². The van der Waals surface area contributed by atoms with Gasteiger partial charge in [-0.15, -0.1) is 5.10 Å². The van der Waals surface area contributed by atoms with Crippen LogP contribution in [0.25, 0.3) is 11.7 Å². The molecule has 1 aromatic carbocycles. The maximum atomic E-state index is 12.6. The van der Waals surface area contributed by atoms with Crippen LogP contribution in [0.15, 0.2) is 49.9 Å². The van der Waals surface area contributed by atoms with E-state index in [2.05, 4.69) is 36.8 Å². The first kappa shape index (κ1) is 17.0. The van der Waals surface area contributed by atoms with Gasteiger partial charge < -0.3 is 14.2 Å². The molecule has 3 aromatic rings. The quantitative estimate of drug-likeness (QED) is 0.642. The molecule has 2 amide bonds. The molecular formula is C14H8BrF3N4O3. The molecule has 0 unspecified atom stereocenters. The standard InChI is InChI=1S/C14H8BrF3N4O3/c15-10-5-4-9(24-10)11-21-22-13(25-11)20-12(23)19-8-3-1-2-7(6-8)14(16,17)18/h1-6H,(H2,19,20,22,23). The van der Waals surface area contributed by atoms with E-state index in [1.165, 1.54) is 12.1 Å². The third-order valence-corrected chi connectivity index (χ3v) is 3.30. The van der Waals surface area contributed by atoms with Crippen molar-refractivity contribution in [1.29, 1.82) is 0 Å². The second kappa shape index (κ2) is 6.59. The van der Waals surface area contributed by atoms with Crippen LogP contribution in [0.4, 0.5) is 29.7 Å². The summed E-state index contributed by atoms with van der Waals surface area (Å²) in [4.78, 5) is 11.8. The third-order valence-electron chi connectivity index (χ3n) is 2.88. The second-order valence-electron chi connectivity index (χ2n) is 4.67. The minimum Gasteiger partial charge on any atom is -0.444 e. The molecule has 0 aliphatic heterocycles. The fourth-order valence-corrected chi connectivity index (χ4v) is 2.14. The van der Waals surface area contributed by atoms with Gasteiger partial charge in [-0.25, -0.2) is 4.79 Å². The van der Waals surface area contributed by atoms with Gasteiger partial charge in [0.2, 0.25) is 0 Å². The number of hydrogen-bond donors (Lipinski definition) is 2. The Labute approximate surface area is 146 Å². The fraction of sp³-hybridized carbons (Fsp3) is 0.0714. The van der Waals surface area contributed by atoms with E-state index in [0.29, 0.717) is 4.67 Å². The summed E-state index contributed by atoms with van der Waals surface area (Å²) >= 11 is 3.12. The zero-order chi connectivity index (χ0) is 18.0. The number of carbonyl (C=O) groups excluding carboxylic acids is 1. The Hall–Kier alpha value is -2.82. The number of amides is 2. The van der Waals surface area contributed by atoms with Gasteiger partial charge in [-0.1, -0.05) is 11.2 Å². The molecule has 2 aromatic heterocycles. The Bertz CT molecular complexity index is 907. The van der Waals surface area contributed by atoms with Gasteiger partial charge in [0, 0.05) is 5.69 Å². The lowest BCUT2D eigenvalue weighted by molar-refractivity contribution is -0.137. The average Bonchev–Trinajstić information content (AvgIpc) is 3.15. The molecule has 7 nitrogen and oxygen atoms in total. The van der Waals surface area contributed by atoms with Crippen LogP contribution in [0.5, 0.6) is 0 Å². The molecule has 0 aliphatic rings. The normalized spacial score (nSPS) is 11.4. The number of anilines is 2. The molecule has 0 atom stereocenters. The van der Waals surface area contributed by atoms with Crippen LogP contribution in [-0.4, -0.2) is 16.2 Å². The largest absolute Gasteiger partial charge is 0.444 e. The molecule has 3 rings (SSSR count). The first-order chi connectivity index (χ1) is 11.8. The number of alkyl halides is 3. The zero-order valence-electron chi connectivity index (χ0n) is 12.1. The molecule has 0 spiro atoms. The first-order valence-corrected chi connectivity index (χ1v) is 7.45. The smallest absolute Gasteiger partial charge is 0.416 e. The highest BCUT2D eigenvalue weighted by molar-refractivity contribution is 9.10. The van der Waals surface area contributed by atoms with Crippen molar-refractivity contribution in [2.24, 2.45) is 0 Å². The van der Waals surface area contributed by atoms with E-state index in [0.717, 1.165) is 12.1 Å². The number of hydrogen-bond acceptors (Lipinski definition) is 5. The average molecular weight is 417 g/mol. The first-order valence-electron chi connectivity index (χ1n) is 6.66. The zero-order valence-corrected chi connectivity index (χ0v) is 13.7. The van der Waals surface area contributed by atoms with Crippen LogP contribution in [0, 0.1) is 0 Å². The van der Waals surface area contributed by atoms with Gasteiger partial charge in [0.1, 0.15) is 0 Å². The number of rotatable bonds is 3. The van der Waals surface area contributed by atoms with Crippen molar-refractivity contribution in [2.75, 3.05) is 10.6 Å². The number of furan rings is 1. The van der Waals surface area contributed by atoms with Crippen LogP contribution < -0.4 is 10.6 Å². The molecule has 0 fully saturated rings. The summed E-state index contributed by atoms with van der Waals surface area (Å²) in [6.07, 6.45) is -4.51. The highest BCUT2D eigenvalue weighted by Crippen LogP contribution is 2.30. The molecule has 2 N–H and O–H groups in total. The molecular weight excluding hydrogens is 409 g/mol. The number of nitrogens with zero attached hydrogens (tertiary/aromatic N) is 2. The van der Waals surface area contributed by atoms with E-state index in [1.807, 2.05) is 0 Å². The van der Waals surface area contributed by atoms with Gasteiger partial charge in [0.15, 0.2) is 10.4 Å². The summed E-state index contributed by atoms with van der Waals surface area (Å²) < 4.78 is 48.8. The maximum absolute atomic E-state index is 12.6. The van der Waals surface area contributed by atoms with Crippen LogP contribution in [0.2, 0.25) is 0 Å². The fourth-order valence-electron chi connectivity index (χ4n) is 1.84. The van der Waals surface area contributed by atoms with E-state index in [1.54, 1.807) is 12.1 Å². The topological polar surface area (TPSA) is 93.2 Å². The van der Waals surface area contributed by atoms with Gasteiger partial charge in [0.25, 0.3) is 5.89 Å².